The molecule has 1 nitrogen and oxygen atoms in total. The molecular formula is C26H40ClN. The predicted octanol–water partition coefficient (Wildman–Crippen LogP) is 4.27. The number of hydrogen-bond acceptors (Lipinski definition) is 0. The summed E-state index contributed by atoms with van der Waals surface area (Å²) in [6.07, 6.45) is 20.4. The Labute approximate surface area is 180 Å². The molecule has 1 aromatic carbocycles. The molecule has 0 saturated carbocycles. The Kier molecular flexibility index (Phi) is 14.6. The van der Waals surface area contributed by atoms with Gasteiger partial charge in [-0.2, -0.15) is 4.57 Å². The fourth-order valence-corrected chi connectivity index (χ4v) is 3.82. The second-order valence-corrected chi connectivity index (χ2v) is 7.94. The first-order valence-corrected chi connectivity index (χ1v) is 11.4. The minimum absolute atomic E-state index is 0. The summed E-state index contributed by atoms with van der Waals surface area (Å²) in [4.78, 5) is 0. The Hall–Kier alpha value is -1.34. The third-order valence-corrected chi connectivity index (χ3v) is 5.52. The normalized spacial score (nSPS) is 10.6. The van der Waals surface area contributed by atoms with Crippen LogP contribution < -0.4 is 17.0 Å². The molecule has 0 unspecified atom stereocenters. The van der Waals surface area contributed by atoms with E-state index in [2.05, 4.69) is 66.2 Å². The van der Waals surface area contributed by atoms with Crippen LogP contribution in [0.4, 0.5) is 0 Å². The number of unbranched alkanes of at least 4 members (excludes halogenated alkanes) is 11. The molecule has 0 spiro atoms. The number of aromatic nitrogens is 1. The fourth-order valence-electron chi connectivity index (χ4n) is 3.82. The Morgan fingerprint density at radius 3 is 1.75 bits per heavy atom. The molecule has 0 aliphatic rings. The second-order valence-electron chi connectivity index (χ2n) is 7.94. The fraction of sp³-hybridized carbons (Fsp3) is 0.577. The van der Waals surface area contributed by atoms with Crippen LogP contribution in [-0.2, 0) is 13.0 Å². The molecule has 2 rings (SSSR count). The van der Waals surface area contributed by atoms with Gasteiger partial charge in [-0.15, -0.1) is 0 Å². The van der Waals surface area contributed by atoms with Crippen LogP contribution in [0.2, 0.25) is 0 Å². The van der Waals surface area contributed by atoms with Crippen LogP contribution in [-0.4, -0.2) is 0 Å². The molecule has 1 heterocycles. The van der Waals surface area contributed by atoms with Gasteiger partial charge in [0.15, 0.2) is 18.4 Å². The summed E-state index contributed by atoms with van der Waals surface area (Å²) in [6.45, 7) is 3.27. The first kappa shape index (κ1) is 24.7. The average Bonchev–Trinajstić information content (AvgIpc) is 2.71. The molecule has 0 atom stereocenters. The maximum Gasteiger partial charge on any atom is 0.181 e. The lowest BCUT2D eigenvalue weighted by molar-refractivity contribution is -0.695. The maximum absolute atomic E-state index is 2.41. The molecule has 0 radical (unpaired) electrons. The molecule has 0 saturated heterocycles. The van der Waals surface area contributed by atoms with E-state index < -0.39 is 0 Å². The van der Waals surface area contributed by atoms with Gasteiger partial charge < -0.3 is 12.4 Å². The first-order chi connectivity index (χ1) is 13.4. The van der Waals surface area contributed by atoms with E-state index in [1.807, 2.05) is 0 Å². The van der Waals surface area contributed by atoms with Crippen molar-refractivity contribution in [3.8, 4) is 0 Å². The summed E-state index contributed by atoms with van der Waals surface area (Å²) in [6, 6.07) is 17.4. The van der Waals surface area contributed by atoms with Crippen LogP contribution in [0.5, 0.6) is 0 Å². The zero-order valence-electron chi connectivity index (χ0n) is 17.9. The highest BCUT2D eigenvalue weighted by atomic mass is 35.5. The van der Waals surface area contributed by atoms with Crippen LogP contribution in [0.1, 0.15) is 95.2 Å². The third kappa shape index (κ3) is 10.9. The lowest BCUT2D eigenvalue weighted by Gasteiger charge is -2.05. The van der Waals surface area contributed by atoms with E-state index in [0.717, 1.165) is 6.54 Å². The zero-order valence-corrected chi connectivity index (χ0v) is 18.7. The van der Waals surface area contributed by atoms with Gasteiger partial charge in [-0.1, -0.05) is 114 Å². The van der Waals surface area contributed by atoms with Crippen molar-refractivity contribution in [2.75, 3.05) is 0 Å². The zero-order chi connectivity index (χ0) is 19.0. The van der Waals surface area contributed by atoms with E-state index in [-0.39, 0.29) is 12.4 Å². The standard InChI is InChI=1S/C26H40N.ClH/c1-2-3-4-5-6-7-8-9-10-11-12-16-21-26-22-17-18-23-27(26)24-25-19-14-13-15-20-25;/h13-15,17-20,22-23H,2-12,16,21,24H2,1H3;1H/q+1;/p-1. The second kappa shape index (κ2) is 16.6. The van der Waals surface area contributed by atoms with Gasteiger partial charge in [0.1, 0.15) is 0 Å². The summed E-state index contributed by atoms with van der Waals surface area (Å²) in [5.41, 5.74) is 2.85. The molecule has 2 aromatic rings. The highest BCUT2D eigenvalue weighted by Crippen LogP contribution is 2.12. The van der Waals surface area contributed by atoms with Crippen LogP contribution in [0.15, 0.2) is 54.7 Å². The van der Waals surface area contributed by atoms with Gasteiger partial charge in [0, 0.05) is 24.1 Å². The number of halogens is 1. The number of hydrogen-bond donors (Lipinski definition) is 0. The van der Waals surface area contributed by atoms with E-state index in [9.17, 15) is 0 Å². The van der Waals surface area contributed by atoms with Crippen molar-refractivity contribution in [1.29, 1.82) is 0 Å². The van der Waals surface area contributed by atoms with E-state index in [0.29, 0.717) is 0 Å². The minimum atomic E-state index is 0. The molecule has 156 valence electrons. The highest BCUT2D eigenvalue weighted by Gasteiger charge is 2.09. The van der Waals surface area contributed by atoms with Gasteiger partial charge in [0.25, 0.3) is 0 Å². The SMILES string of the molecule is CCCCCCCCCCCCCCc1cccc[n+]1Cc1ccccc1.[Cl-]. The summed E-state index contributed by atoms with van der Waals surface area (Å²) in [5.74, 6) is 0. The largest absolute Gasteiger partial charge is 1.00 e. The lowest BCUT2D eigenvalue weighted by atomic mass is 10.0. The van der Waals surface area contributed by atoms with E-state index in [1.54, 1.807) is 0 Å². The number of rotatable bonds is 15. The van der Waals surface area contributed by atoms with Crippen molar-refractivity contribution in [2.24, 2.45) is 0 Å². The van der Waals surface area contributed by atoms with Crippen molar-refractivity contribution in [2.45, 2.75) is 96.9 Å². The topological polar surface area (TPSA) is 3.88 Å². The Bertz CT molecular complexity index is 596. The van der Waals surface area contributed by atoms with Crippen molar-refractivity contribution in [3.05, 3.63) is 66.0 Å². The summed E-state index contributed by atoms with van der Waals surface area (Å²) < 4.78 is 2.41. The molecule has 0 fully saturated rings. The highest BCUT2D eigenvalue weighted by molar-refractivity contribution is 5.13. The number of benzene rings is 1. The summed E-state index contributed by atoms with van der Waals surface area (Å²) in [7, 11) is 0. The number of pyridine rings is 1. The minimum Gasteiger partial charge on any atom is -1.00 e. The molecule has 0 aliphatic carbocycles. The quantitative estimate of drug-likeness (QED) is 0.310. The van der Waals surface area contributed by atoms with Crippen molar-refractivity contribution in [1.82, 2.24) is 0 Å². The van der Waals surface area contributed by atoms with Crippen LogP contribution in [0.3, 0.4) is 0 Å². The van der Waals surface area contributed by atoms with E-state index in [4.69, 9.17) is 0 Å². The number of aryl methyl sites for hydroxylation is 1. The molecule has 28 heavy (non-hydrogen) atoms. The van der Waals surface area contributed by atoms with Crippen molar-refractivity contribution in [3.63, 3.8) is 0 Å². The van der Waals surface area contributed by atoms with Crippen LogP contribution in [0.25, 0.3) is 0 Å². The van der Waals surface area contributed by atoms with Gasteiger partial charge in [-0.05, 0) is 6.42 Å². The average molecular weight is 402 g/mol. The van der Waals surface area contributed by atoms with Gasteiger partial charge in [0.2, 0.25) is 0 Å². The number of nitrogens with zero attached hydrogens (tertiary/aromatic N) is 1. The molecule has 1 aromatic heterocycles. The Balaban J connectivity index is 0.00000392. The van der Waals surface area contributed by atoms with Crippen LogP contribution >= 0.6 is 0 Å². The summed E-state index contributed by atoms with van der Waals surface area (Å²) >= 11 is 0. The third-order valence-electron chi connectivity index (χ3n) is 5.52. The van der Waals surface area contributed by atoms with Crippen LogP contribution in [0, 0.1) is 0 Å². The molecule has 0 N–H and O–H groups in total. The van der Waals surface area contributed by atoms with Gasteiger partial charge >= 0.3 is 0 Å². The predicted molar refractivity (Wildman–Crippen MR) is 117 cm³/mol. The van der Waals surface area contributed by atoms with Crippen molar-refractivity contribution >= 4 is 0 Å². The Morgan fingerprint density at radius 2 is 1.14 bits per heavy atom. The molecule has 0 bridgehead atoms. The smallest absolute Gasteiger partial charge is 0.181 e. The lowest BCUT2D eigenvalue weighted by Crippen LogP contribution is -3.00. The Morgan fingerprint density at radius 1 is 0.607 bits per heavy atom. The van der Waals surface area contributed by atoms with E-state index >= 15 is 0 Å². The molecule has 0 amide bonds. The van der Waals surface area contributed by atoms with Gasteiger partial charge in [0.05, 0.1) is 0 Å². The van der Waals surface area contributed by atoms with Gasteiger partial charge in [-0.25, -0.2) is 0 Å². The monoisotopic (exact) mass is 401 g/mol. The van der Waals surface area contributed by atoms with Gasteiger partial charge in [-0.3, -0.25) is 0 Å². The molecule has 2 heteroatoms. The molecular weight excluding hydrogens is 362 g/mol. The molecule has 0 aliphatic heterocycles. The maximum atomic E-state index is 2.41. The first-order valence-electron chi connectivity index (χ1n) is 11.4. The summed E-state index contributed by atoms with van der Waals surface area (Å²) in [5, 5.41) is 0. The van der Waals surface area contributed by atoms with E-state index in [1.165, 1.54) is 94.7 Å². The van der Waals surface area contributed by atoms with Crippen molar-refractivity contribution < 1.29 is 17.0 Å².